The van der Waals surface area contributed by atoms with Gasteiger partial charge in [0.1, 0.15) is 0 Å². The van der Waals surface area contributed by atoms with E-state index in [0.29, 0.717) is 11.4 Å². The summed E-state index contributed by atoms with van der Waals surface area (Å²) >= 11 is 6.09. The number of hydrogen-bond donors (Lipinski definition) is 2. The molecular weight excluding hydrogens is 376 g/mol. The van der Waals surface area contributed by atoms with Crippen LogP contribution < -0.4 is 10.6 Å². The minimum atomic E-state index is -3.61. The number of anilines is 2. The van der Waals surface area contributed by atoms with E-state index in [1.807, 2.05) is 0 Å². The highest BCUT2D eigenvalue weighted by atomic mass is 35.5. The summed E-state index contributed by atoms with van der Waals surface area (Å²) in [4.78, 5) is 23.7. The molecule has 0 bridgehead atoms. The van der Waals surface area contributed by atoms with Gasteiger partial charge in [-0.05, 0) is 44.2 Å². The SMILES string of the molecule is CC(=O)Nc1ccc(NC(=O)c2ccccc2S(=O)(=O)C(C)C)cc1Cl. The number of sulfone groups is 1. The second-order valence-corrected chi connectivity index (χ2v) is 8.80. The zero-order valence-electron chi connectivity index (χ0n) is 14.5. The fourth-order valence-corrected chi connectivity index (χ4v) is 3.71. The van der Waals surface area contributed by atoms with Crippen LogP contribution in [-0.4, -0.2) is 25.5 Å². The summed E-state index contributed by atoms with van der Waals surface area (Å²) in [6.45, 7) is 4.48. The van der Waals surface area contributed by atoms with Gasteiger partial charge in [-0.25, -0.2) is 8.42 Å². The Balaban J connectivity index is 2.32. The molecule has 2 aromatic rings. The van der Waals surface area contributed by atoms with Crippen LogP contribution >= 0.6 is 11.6 Å². The van der Waals surface area contributed by atoms with Crippen molar-refractivity contribution in [2.45, 2.75) is 30.9 Å². The van der Waals surface area contributed by atoms with Crippen molar-refractivity contribution in [1.29, 1.82) is 0 Å². The number of rotatable bonds is 5. The smallest absolute Gasteiger partial charge is 0.256 e. The molecule has 0 aliphatic carbocycles. The maximum absolute atomic E-state index is 12.6. The molecule has 0 atom stereocenters. The summed E-state index contributed by atoms with van der Waals surface area (Å²) in [5.74, 6) is -0.829. The van der Waals surface area contributed by atoms with Gasteiger partial charge >= 0.3 is 0 Å². The molecule has 0 radical (unpaired) electrons. The van der Waals surface area contributed by atoms with Gasteiger partial charge in [-0.2, -0.15) is 0 Å². The molecule has 8 heteroatoms. The van der Waals surface area contributed by atoms with Crippen LogP contribution in [0.2, 0.25) is 5.02 Å². The van der Waals surface area contributed by atoms with Crippen molar-refractivity contribution in [3.8, 4) is 0 Å². The molecule has 2 aromatic carbocycles. The van der Waals surface area contributed by atoms with Crippen LogP contribution in [0.1, 0.15) is 31.1 Å². The fourth-order valence-electron chi connectivity index (χ4n) is 2.24. The Bertz CT molecular complexity index is 955. The highest BCUT2D eigenvalue weighted by molar-refractivity contribution is 7.92. The van der Waals surface area contributed by atoms with Crippen molar-refractivity contribution in [2.75, 3.05) is 10.6 Å². The Morgan fingerprint density at radius 3 is 2.27 bits per heavy atom. The molecule has 6 nitrogen and oxygen atoms in total. The lowest BCUT2D eigenvalue weighted by Gasteiger charge is -2.13. The Morgan fingerprint density at radius 2 is 1.69 bits per heavy atom. The van der Waals surface area contributed by atoms with Crippen molar-refractivity contribution < 1.29 is 18.0 Å². The molecule has 0 fully saturated rings. The molecule has 138 valence electrons. The number of amides is 2. The molecular formula is C18H19ClN2O4S. The quantitative estimate of drug-likeness (QED) is 0.808. The molecule has 0 aliphatic rings. The molecule has 26 heavy (non-hydrogen) atoms. The average Bonchev–Trinajstić information content (AvgIpc) is 2.56. The lowest BCUT2D eigenvalue weighted by molar-refractivity contribution is -0.114. The topological polar surface area (TPSA) is 92.3 Å². The van der Waals surface area contributed by atoms with Crippen LogP contribution in [0.25, 0.3) is 0 Å². The Morgan fingerprint density at radius 1 is 1.04 bits per heavy atom. The number of hydrogen-bond acceptors (Lipinski definition) is 4. The number of carbonyl (C=O) groups is 2. The number of nitrogens with one attached hydrogen (secondary N) is 2. The largest absolute Gasteiger partial charge is 0.325 e. The van der Waals surface area contributed by atoms with Crippen molar-refractivity contribution >= 4 is 44.6 Å². The maximum Gasteiger partial charge on any atom is 0.256 e. The molecule has 2 rings (SSSR count). The predicted octanol–water partition coefficient (Wildman–Crippen LogP) is 3.73. The summed E-state index contributed by atoms with van der Waals surface area (Å²) in [6, 6.07) is 10.6. The minimum absolute atomic E-state index is 0.0199. The third kappa shape index (κ3) is 4.42. The highest BCUT2D eigenvalue weighted by Gasteiger charge is 2.25. The number of benzene rings is 2. The normalized spacial score (nSPS) is 11.3. The lowest BCUT2D eigenvalue weighted by atomic mass is 10.2. The van der Waals surface area contributed by atoms with E-state index in [-0.39, 0.29) is 21.4 Å². The molecule has 0 unspecified atom stereocenters. The van der Waals surface area contributed by atoms with Crippen molar-refractivity contribution in [2.24, 2.45) is 0 Å². The predicted molar refractivity (Wildman–Crippen MR) is 102 cm³/mol. The monoisotopic (exact) mass is 394 g/mol. The third-order valence-corrected chi connectivity index (χ3v) is 6.12. The van der Waals surface area contributed by atoms with Crippen LogP contribution in [0.5, 0.6) is 0 Å². The molecule has 2 amide bonds. The van der Waals surface area contributed by atoms with Crippen LogP contribution in [0.3, 0.4) is 0 Å². The summed E-state index contributed by atoms with van der Waals surface area (Å²) < 4.78 is 24.9. The van der Waals surface area contributed by atoms with E-state index in [9.17, 15) is 18.0 Å². The summed E-state index contributed by atoms with van der Waals surface area (Å²) in [6.07, 6.45) is 0. The second-order valence-electron chi connectivity index (χ2n) is 5.92. The van der Waals surface area contributed by atoms with E-state index < -0.39 is 21.0 Å². The van der Waals surface area contributed by atoms with E-state index in [1.54, 1.807) is 38.1 Å². The van der Waals surface area contributed by atoms with Gasteiger partial charge in [-0.1, -0.05) is 23.7 Å². The Kier molecular flexibility index (Phi) is 6.05. The molecule has 0 saturated carbocycles. The van der Waals surface area contributed by atoms with Gasteiger partial charge in [0, 0.05) is 12.6 Å². The van der Waals surface area contributed by atoms with Crippen LogP contribution in [0.4, 0.5) is 11.4 Å². The maximum atomic E-state index is 12.6. The Labute approximate surface area is 157 Å². The molecule has 0 spiro atoms. The molecule has 0 heterocycles. The molecule has 2 N–H and O–H groups in total. The number of halogens is 1. The number of carbonyl (C=O) groups excluding carboxylic acids is 2. The molecule has 0 saturated heterocycles. The minimum Gasteiger partial charge on any atom is -0.325 e. The second kappa shape index (κ2) is 7.88. The molecule has 0 aromatic heterocycles. The average molecular weight is 395 g/mol. The summed E-state index contributed by atoms with van der Waals surface area (Å²) in [5, 5.41) is 4.80. The van der Waals surface area contributed by atoms with Crippen LogP contribution in [0.15, 0.2) is 47.4 Å². The van der Waals surface area contributed by atoms with Gasteiger partial charge in [-0.3, -0.25) is 9.59 Å². The van der Waals surface area contributed by atoms with E-state index >= 15 is 0 Å². The Hall–Kier alpha value is -2.38. The zero-order chi connectivity index (χ0) is 19.5. The standard InChI is InChI=1S/C18H19ClN2O4S/c1-11(2)26(24,25)17-7-5-4-6-14(17)18(23)21-13-8-9-16(15(19)10-13)20-12(3)22/h4-11H,1-3H3,(H,20,22)(H,21,23). The highest BCUT2D eigenvalue weighted by Crippen LogP contribution is 2.27. The van der Waals surface area contributed by atoms with Crippen molar-refractivity contribution in [1.82, 2.24) is 0 Å². The lowest BCUT2D eigenvalue weighted by Crippen LogP contribution is -2.20. The van der Waals surface area contributed by atoms with Gasteiger partial charge in [0.15, 0.2) is 9.84 Å². The van der Waals surface area contributed by atoms with E-state index in [2.05, 4.69) is 10.6 Å². The van der Waals surface area contributed by atoms with E-state index in [4.69, 9.17) is 11.6 Å². The zero-order valence-corrected chi connectivity index (χ0v) is 16.1. The van der Waals surface area contributed by atoms with Gasteiger partial charge in [0.05, 0.1) is 26.4 Å². The third-order valence-electron chi connectivity index (χ3n) is 3.60. The first-order valence-corrected chi connectivity index (χ1v) is 9.76. The fraction of sp³-hybridized carbons (Fsp3) is 0.222. The van der Waals surface area contributed by atoms with E-state index in [0.717, 1.165) is 0 Å². The first-order valence-electron chi connectivity index (χ1n) is 7.84. The van der Waals surface area contributed by atoms with Crippen LogP contribution in [-0.2, 0) is 14.6 Å². The first kappa shape index (κ1) is 19.9. The van der Waals surface area contributed by atoms with E-state index in [1.165, 1.54) is 25.1 Å². The van der Waals surface area contributed by atoms with Gasteiger partial charge in [0.25, 0.3) is 5.91 Å². The van der Waals surface area contributed by atoms with Crippen molar-refractivity contribution in [3.63, 3.8) is 0 Å². The molecule has 0 aliphatic heterocycles. The van der Waals surface area contributed by atoms with Gasteiger partial charge in [0.2, 0.25) is 5.91 Å². The summed E-state index contributed by atoms with van der Waals surface area (Å²) in [5.41, 5.74) is 0.856. The van der Waals surface area contributed by atoms with Gasteiger partial charge in [-0.15, -0.1) is 0 Å². The van der Waals surface area contributed by atoms with Gasteiger partial charge < -0.3 is 10.6 Å². The summed E-state index contributed by atoms with van der Waals surface area (Å²) in [7, 11) is -3.61. The van der Waals surface area contributed by atoms with Crippen LogP contribution in [0, 0.1) is 0 Å². The first-order chi connectivity index (χ1) is 12.1. The van der Waals surface area contributed by atoms with Crippen molar-refractivity contribution in [3.05, 3.63) is 53.1 Å².